The minimum Gasteiger partial charge on any atom is -0.496 e. The van der Waals surface area contributed by atoms with E-state index in [4.69, 9.17) is 9.47 Å². The molecule has 1 aromatic carbocycles. The monoisotopic (exact) mass is 330 g/mol. The SMILES string of the molecule is COc1ccc(OC)c2c1CC1(C)C(C)CCC3C(O)CCCC231. The lowest BCUT2D eigenvalue weighted by atomic mass is 9.45. The van der Waals surface area contributed by atoms with E-state index in [9.17, 15) is 5.11 Å². The highest BCUT2D eigenvalue weighted by Crippen LogP contribution is 2.70. The number of ether oxygens (including phenoxy) is 2. The molecule has 24 heavy (non-hydrogen) atoms. The Morgan fingerprint density at radius 2 is 1.79 bits per heavy atom. The van der Waals surface area contributed by atoms with Crippen LogP contribution in [0.2, 0.25) is 0 Å². The van der Waals surface area contributed by atoms with Gasteiger partial charge in [-0.1, -0.05) is 13.8 Å². The second-order valence-corrected chi connectivity index (χ2v) is 8.43. The molecule has 4 rings (SSSR count). The first-order valence-electron chi connectivity index (χ1n) is 9.42. The fourth-order valence-electron chi connectivity index (χ4n) is 6.57. The number of fused-ring (bicyclic) bond motifs is 1. The van der Waals surface area contributed by atoms with E-state index in [0.717, 1.165) is 43.6 Å². The summed E-state index contributed by atoms with van der Waals surface area (Å²) in [6.45, 7) is 4.87. The van der Waals surface area contributed by atoms with Crippen molar-refractivity contribution in [3.05, 3.63) is 23.3 Å². The molecule has 3 nitrogen and oxygen atoms in total. The van der Waals surface area contributed by atoms with Crippen molar-refractivity contribution in [2.45, 2.75) is 63.9 Å². The van der Waals surface area contributed by atoms with Crippen molar-refractivity contribution < 1.29 is 14.6 Å². The Morgan fingerprint density at radius 3 is 2.50 bits per heavy atom. The lowest BCUT2D eigenvalue weighted by Crippen LogP contribution is -2.58. The van der Waals surface area contributed by atoms with Crippen LogP contribution in [0.25, 0.3) is 0 Å². The molecule has 0 aromatic heterocycles. The predicted molar refractivity (Wildman–Crippen MR) is 94.8 cm³/mol. The second-order valence-electron chi connectivity index (χ2n) is 8.43. The molecule has 1 spiro atoms. The molecule has 5 unspecified atom stereocenters. The molecule has 0 bridgehead atoms. The number of hydrogen-bond acceptors (Lipinski definition) is 3. The number of hydrogen-bond donors (Lipinski definition) is 1. The van der Waals surface area contributed by atoms with Crippen molar-refractivity contribution in [3.8, 4) is 11.5 Å². The Labute approximate surface area is 145 Å². The Bertz CT molecular complexity index is 655. The summed E-state index contributed by atoms with van der Waals surface area (Å²) in [6.07, 6.45) is 6.38. The molecule has 5 atom stereocenters. The van der Waals surface area contributed by atoms with E-state index < -0.39 is 0 Å². The van der Waals surface area contributed by atoms with Gasteiger partial charge in [0, 0.05) is 16.5 Å². The Hall–Kier alpha value is -1.22. The highest BCUT2D eigenvalue weighted by Gasteiger charge is 2.65. The summed E-state index contributed by atoms with van der Waals surface area (Å²) < 4.78 is 11.6. The van der Waals surface area contributed by atoms with Gasteiger partial charge >= 0.3 is 0 Å². The number of aliphatic hydroxyl groups excluding tert-OH is 1. The van der Waals surface area contributed by atoms with E-state index in [1.54, 1.807) is 14.2 Å². The van der Waals surface area contributed by atoms with Gasteiger partial charge < -0.3 is 14.6 Å². The molecule has 0 heterocycles. The largest absolute Gasteiger partial charge is 0.496 e. The van der Waals surface area contributed by atoms with Crippen LogP contribution in [0.15, 0.2) is 12.1 Å². The molecule has 3 aliphatic carbocycles. The number of aliphatic hydroxyl groups is 1. The van der Waals surface area contributed by atoms with Gasteiger partial charge in [0.1, 0.15) is 11.5 Å². The standard InChI is InChI=1S/C21H30O3/c1-13-7-8-15-16(22)6-5-11-21(15)19-14(12-20(13,21)2)17(23-3)9-10-18(19)24-4/h9-10,13,15-16,22H,5-8,11-12H2,1-4H3. The Morgan fingerprint density at radius 1 is 1.08 bits per heavy atom. The number of methoxy groups -OCH3 is 2. The average Bonchev–Trinajstić information content (AvgIpc) is 2.85. The molecule has 1 aromatic rings. The van der Waals surface area contributed by atoms with Crippen LogP contribution in [0, 0.1) is 17.3 Å². The second kappa shape index (κ2) is 5.39. The molecule has 3 heteroatoms. The summed E-state index contributed by atoms with van der Waals surface area (Å²) >= 11 is 0. The zero-order valence-electron chi connectivity index (χ0n) is 15.4. The molecular weight excluding hydrogens is 300 g/mol. The molecule has 0 aliphatic heterocycles. The van der Waals surface area contributed by atoms with Crippen LogP contribution in [0.5, 0.6) is 11.5 Å². The zero-order chi connectivity index (χ0) is 17.1. The van der Waals surface area contributed by atoms with Crippen LogP contribution >= 0.6 is 0 Å². The first-order chi connectivity index (χ1) is 11.5. The van der Waals surface area contributed by atoms with Crippen LogP contribution in [0.1, 0.15) is 57.1 Å². The maximum absolute atomic E-state index is 10.9. The summed E-state index contributed by atoms with van der Waals surface area (Å²) in [6, 6.07) is 4.11. The van der Waals surface area contributed by atoms with E-state index in [-0.39, 0.29) is 16.9 Å². The van der Waals surface area contributed by atoms with Gasteiger partial charge in [-0.3, -0.25) is 0 Å². The molecule has 0 saturated heterocycles. The molecule has 132 valence electrons. The van der Waals surface area contributed by atoms with Gasteiger partial charge in [-0.25, -0.2) is 0 Å². The first-order valence-corrected chi connectivity index (χ1v) is 9.42. The molecule has 1 N–H and O–H groups in total. The summed E-state index contributed by atoms with van der Waals surface area (Å²) in [5.41, 5.74) is 2.87. The first kappa shape index (κ1) is 16.3. The fourth-order valence-corrected chi connectivity index (χ4v) is 6.57. The van der Waals surface area contributed by atoms with E-state index in [1.165, 1.54) is 17.5 Å². The van der Waals surface area contributed by atoms with Crippen molar-refractivity contribution in [1.29, 1.82) is 0 Å². The molecule has 3 aliphatic rings. The molecule has 0 radical (unpaired) electrons. The van der Waals surface area contributed by atoms with Crippen molar-refractivity contribution in [2.75, 3.05) is 14.2 Å². The van der Waals surface area contributed by atoms with Crippen molar-refractivity contribution >= 4 is 0 Å². The minimum atomic E-state index is -0.188. The molecular formula is C21H30O3. The third-order valence-electron chi connectivity index (χ3n) is 7.85. The van der Waals surface area contributed by atoms with Gasteiger partial charge in [0.05, 0.1) is 20.3 Å². The van der Waals surface area contributed by atoms with Crippen molar-refractivity contribution in [1.82, 2.24) is 0 Å². The molecule has 2 fully saturated rings. The maximum Gasteiger partial charge on any atom is 0.123 e. The lowest BCUT2D eigenvalue weighted by Gasteiger charge is -2.59. The predicted octanol–water partition coefficient (Wildman–Crippen LogP) is 4.09. The lowest BCUT2D eigenvalue weighted by molar-refractivity contribution is -0.0957. The third kappa shape index (κ3) is 1.77. The van der Waals surface area contributed by atoms with E-state index in [1.807, 2.05) is 6.07 Å². The van der Waals surface area contributed by atoms with Crippen LogP contribution in [-0.4, -0.2) is 25.4 Å². The maximum atomic E-state index is 10.9. The van der Waals surface area contributed by atoms with E-state index in [2.05, 4.69) is 19.9 Å². The minimum absolute atomic E-state index is 0.0253. The highest BCUT2D eigenvalue weighted by molar-refractivity contribution is 5.59. The Kier molecular flexibility index (Phi) is 3.65. The van der Waals surface area contributed by atoms with Crippen LogP contribution in [0.4, 0.5) is 0 Å². The fraction of sp³-hybridized carbons (Fsp3) is 0.714. The van der Waals surface area contributed by atoms with Gasteiger partial charge in [-0.05, 0) is 67.9 Å². The average molecular weight is 330 g/mol. The molecule has 2 saturated carbocycles. The van der Waals surface area contributed by atoms with Crippen LogP contribution in [-0.2, 0) is 11.8 Å². The molecule has 0 amide bonds. The summed E-state index contributed by atoms with van der Waals surface area (Å²) in [5, 5.41) is 10.9. The Balaban J connectivity index is 2.02. The van der Waals surface area contributed by atoms with Gasteiger partial charge in [-0.15, -0.1) is 0 Å². The number of benzene rings is 1. The highest BCUT2D eigenvalue weighted by atomic mass is 16.5. The van der Waals surface area contributed by atoms with Gasteiger partial charge in [0.25, 0.3) is 0 Å². The van der Waals surface area contributed by atoms with Gasteiger partial charge in [0.15, 0.2) is 0 Å². The smallest absolute Gasteiger partial charge is 0.123 e. The zero-order valence-corrected chi connectivity index (χ0v) is 15.4. The van der Waals surface area contributed by atoms with Gasteiger partial charge in [-0.2, -0.15) is 0 Å². The van der Waals surface area contributed by atoms with Crippen molar-refractivity contribution in [2.24, 2.45) is 17.3 Å². The van der Waals surface area contributed by atoms with Gasteiger partial charge in [0.2, 0.25) is 0 Å². The summed E-state index contributed by atoms with van der Waals surface area (Å²) in [7, 11) is 3.54. The van der Waals surface area contributed by atoms with E-state index >= 15 is 0 Å². The van der Waals surface area contributed by atoms with E-state index in [0.29, 0.717) is 11.8 Å². The number of rotatable bonds is 2. The van der Waals surface area contributed by atoms with Crippen molar-refractivity contribution in [3.63, 3.8) is 0 Å². The normalized spacial score (nSPS) is 40.5. The summed E-state index contributed by atoms with van der Waals surface area (Å²) in [5.74, 6) is 2.96. The quantitative estimate of drug-likeness (QED) is 0.887. The third-order valence-corrected chi connectivity index (χ3v) is 7.85. The summed E-state index contributed by atoms with van der Waals surface area (Å²) in [4.78, 5) is 0. The van der Waals surface area contributed by atoms with Crippen LogP contribution in [0.3, 0.4) is 0 Å². The topological polar surface area (TPSA) is 38.7 Å². The van der Waals surface area contributed by atoms with Crippen LogP contribution < -0.4 is 9.47 Å².